The number of hydrogen-bond donors (Lipinski definition) is 1. The minimum Gasteiger partial charge on any atom is -0.549 e. The Kier molecular flexibility index (Phi) is 31.6. The van der Waals surface area contributed by atoms with E-state index in [2.05, 4.69) is 129 Å². The number of aliphatic carboxylic acids is 3. The van der Waals surface area contributed by atoms with Crippen LogP contribution in [0.25, 0.3) is 0 Å². The second-order valence-corrected chi connectivity index (χ2v) is 25.4. The van der Waals surface area contributed by atoms with Crippen LogP contribution in [0.15, 0.2) is 78.5 Å². The van der Waals surface area contributed by atoms with E-state index in [9.17, 15) is 34.5 Å². The van der Waals surface area contributed by atoms with Crippen LogP contribution in [0.3, 0.4) is 0 Å². The fraction of sp³-hybridized carbons (Fsp3) is 0.671. The Hall–Kier alpha value is -5.15. The second kappa shape index (κ2) is 38.1. The number of rotatable bonds is 39. The highest BCUT2D eigenvalue weighted by Gasteiger charge is 2.44. The average molecular weight is 1160 g/mol. The molecule has 0 saturated carbocycles. The molecule has 14 heteroatoms. The van der Waals surface area contributed by atoms with Gasteiger partial charge in [-0.15, -0.1) is 0 Å². The summed E-state index contributed by atoms with van der Waals surface area (Å²) in [5.74, 6) is -3.99. The predicted molar refractivity (Wildman–Crippen MR) is 337 cm³/mol. The Morgan fingerprint density at radius 3 is 1.43 bits per heavy atom. The molecule has 468 valence electrons. The highest BCUT2D eigenvalue weighted by molar-refractivity contribution is 6.03. The summed E-state index contributed by atoms with van der Waals surface area (Å²) in [6.45, 7) is 17.3. The van der Waals surface area contributed by atoms with Gasteiger partial charge in [0.2, 0.25) is 11.6 Å². The fourth-order valence-electron chi connectivity index (χ4n) is 12.8. The van der Waals surface area contributed by atoms with Crippen LogP contribution < -0.4 is 25.5 Å². The molecule has 84 heavy (non-hydrogen) atoms. The lowest BCUT2D eigenvalue weighted by molar-refractivity contribution is -0.438. The first kappa shape index (κ1) is 69.6. The first-order valence-electron chi connectivity index (χ1n) is 33.0. The molecule has 0 spiro atoms. The molecule has 3 aliphatic rings. The summed E-state index contributed by atoms with van der Waals surface area (Å²) >= 11 is 0. The van der Waals surface area contributed by atoms with Crippen LogP contribution in [0.4, 0.5) is 11.4 Å². The molecular formula is C70H109N7O7-2. The highest BCUT2D eigenvalue weighted by atomic mass is 16.4. The van der Waals surface area contributed by atoms with E-state index < -0.39 is 17.9 Å². The molecule has 3 aliphatic heterocycles. The van der Waals surface area contributed by atoms with E-state index >= 15 is 0 Å². The first-order chi connectivity index (χ1) is 40.5. The Morgan fingerprint density at radius 1 is 0.512 bits per heavy atom. The van der Waals surface area contributed by atoms with Gasteiger partial charge in [-0.1, -0.05) is 211 Å². The van der Waals surface area contributed by atoms with Gasteiger partial charge in [0, 0.05) is 126 Å². The molecule has 0 radical (unpaired) electrons. The van der Waals surface area contributed by atoms with Gasteiger partial charge in [-0.05, 0) is 50.0 Å². The van der Waals surface area contributed by atoms with E-state index in [0.717, 1.165) is 25.1 Å². The largest absolute Gasteiger partial charge is 0.549 e. The maximum Gasteiger partial charge on any atom is 0.234 e. The van der Waals surface area contributed by atoms with Crippen molar-refractivity contribution in [1.29, 1.82) is 0 Å². The molecule has 14 nitrogen and oxygen atoms in total. The summed E-state index contributed by atoms with van der Waals surface area (Å²) in [6, 6.07) is 15.5. The number of carboxylic acid groups (broad SMARTS) is 3. The summed E-state index contributed by atoms with van der Waals surface area (Å²) in [6.07, 6.45) is 42.9. The van der Waals surface area contributed by atoms with Gasteiger partial charge >= 0.3 is 0 Å². The third-order valence-corrected chi connectivity index (χ3v) is 17.8. The molecule has 1 N–H and O–H groups in total. The number of allylic oxidation sites excluding steroid dienone is 6. The Labute approximate surface area is 507 Å². The molecule has 0 aromatic heterocycles. The van der Waals surface area contributed by atoms with Crippen molar-refractivity contribution < 1.29 is 39.1 Å². The molecule has 0 bridgehead atoms. The van der Waals surface area contributed by atoms with Crippen LogP contribution in [0, 0.1) is 0 Å². The van der Waals surface area contributed by atoms with E-state index in [1.807, 2.05) is 4.90 Å². The van der Waals surface area contributed by atoms with E-state index in [0.29, 0.717) is 19.6 Å². The van der Waals surface area contributed by atoms with Crippen molar-refractivity contribution in [2.75, 3.05) is 96.5 Å². The van der Waals surface area contributed by atoms with Crippen molar-refractivity contribution in [3.8, 4) is 0 Å². The van der Waals surface area contributed by atoms with Crippen molar-refractivity contribution in [2.24, 2.45) is 0 Å². The number of carbonyl (C=O) groups is 4. The van der Waals surface area contributed by atoms with Crippen LogP contribution in [-0.4, -0.2) is 145 Å². The van der Waals surface area contributed by atoms with Crippen LogP contribution in [-0.2, 0) is 36.6 Å². The second-order valence-electron chi connectivity index (χ2n) is 25.4. The number of hydrogen-bond acceptors (Lipinski definition) is 12. The molecule has 1 saturated heterocycles. The van der Waals surface area contributed by atoms with Crippen LogP contribution >= 0.6 is 0 Å². The van der Waals surface area contributed by atoms with Crippen molar-refractivity contribution in [3.63, 3.8) is 0 Å². The molecule has 1 amide bonds. The van der Waals surface area contributed by atoms with Gasteiger partial charge < -0.3 is 39.9 Å². The molecule has 0 aliphatic carbocycles. The highest BCUT2D eigenvalue weighted by Crippen LogP contribution is 2.48. The van der Waals surface area contributed by atoms with Crippen LogP contribution in [0.2, 0.25) is 0 Å². The number of carbonyl (C=O) groups excluding carboxylic acids is 4. The monoisotopic (exact) mass is 1160 g/mol. The quantitative estimate of drug-likeness (QED) is 0.0383. The molecule has 0 unspecified atom stereocenters. The van der Waals surface area contributed by atoms with E-state index in [1.165, 1.54) is 182 Å². The van der Waals surface area contributed by atoms with Crippen molar-refractivity contribution in [1.82, 2.24) is 24.9 Å². The van der Waals surface area contributed by atoms with Crippen molar-refractivity contribution in [2.45, 2.75) is 213 Å². The van der Waals surface area contributed by atoms with E-state index in [-0.39, 0.29) is 82.2 Å². The van der Waals surface area contributed by atoms with Gasteiger partial charge in [-0.25, -0.2) is 0 Å². The number of nitrogens with one attached hydrogen (secondary N) is 1. The predicted octanol–water partition coefficient (Wildman–Crippen LogP) is 9.35. The minimum atomic E-state index is -1.28. The normalized spacial score (nSPS) is 17.7. The lowest BCUT2D eigenvalue weighted by atomic mass is 9.81. The summed E-state index contributed by atoms with van der Waals surface area (Å²) in [7, 11) is 0. The van der Waals surface area contributed by atoms with Gasteiger partial charge in [-0.2, -0.15) is 4.58 Å². The summed E-state index contributed by atoms with van der Waals surface area (Å²) in [5.41, 5.74) is 8.30. The Morgan fingerprint density at radius 2 is 0.952 bits per heavy atom. The maximum absolute atomic E-state index is 13.8. The third kappa shape index (κ3) is 24.0. The van der Waals surface area contributed by atoms with Gasteiger partial charge in [0.15, 0.2) is 5.71 Å². The van der Waals surface area contributed by atoms with Crippen molar-refractivity contribution in [3.05, 3.63) is 95.2 Å². The Balaban J connectivity index is 1.27. The standard InChI is InChI=1S/C70H111N7O7/c1-7-9-11-13-15-17-19-21-23-25-27-34-42-76-61-37-33-32-36-59(61)69(3,4)63(76)38-30-29-31-39-64-70(5,6)60-52-58(40-41-62(60)77(64)43-35-28-26-24-22-20-18-16-14-12-10-8-2)53-71-65(78)54-72-44-46-73(55-66(79)80)48-50-75(57-68(83)84)51-49-74(47-45-72)56-67(81)82/h29-33,36-41,52H,7-28,34-35,42-51,53-57H2,1-6H3,(H3-,71,78,79,80,81,82,83,84)/p-2. The SMILES string of the molecule is CCCCCCCCCCCCCCN1/C(=C/C=C/C=C/C2=[N+](CCCCCCCCCCCCCC)c3ccccc3C2(C)C)C(C)(C)c2cc(CNC(=O)CN3CCN(CC(=O)[O-])CCN(CC(=O)[O-])CCN(CC(=O)[O-])CC3)ccc21. The molecule has 3 heterocycles. The maximum atomic E-state index is 13.8. The third-order valence-electron chi connectivity index (χ3n) is 17.8. The number of anilines is 1. The number of amides is 1. The molecule has 1 fully saturated rings. The smallest absolute Gasteiger partial charge is 0.234 e. The zero-order valence-electron chi connectivity index (χ0n) is 53.0. The van der Waals surface area contributed by atoms with Gasteiger partial charge in [0.1, 0.15) is 6.54 Å². The van der Waals surface area contributed by atoms with Crippen molar-refractivity contribution >= 4 is 40.9 Å². The number of carboxylic acids is 3. The topological polar surface area (TPSA) is 169 Å². The van der Waals surface area contributed by atoms with E-state index in [1.54, 1.807) is 14.7 Å². The lowest BCUT2D eigenvalue weighted by Gasteiger charge is -2.34. The fourth-order valence-corrected chi connectivity index (χ4v) is 12.8. The van der Waals surface area contributed by atoms with Gasteiger partial charge in [0.25, 0.3) is 0 Å². The number of benzene rings is 2. The zero-order chi connectivity index (χ0) is 60.6. The average Bonchev–Trinajstić information content (AvgIpc) is 1.84. The van der Waals surface area contributed by atoms with Gasteiger partial charge in [-0.3, -0.25) is 24.4 Å². The first-order valence-corrected chi connectivity index (χ1v) is 33.0. The molecule has 0 atom stereocenters. The summed E-state index contributed by atoms with van der Waals surface area (Å²) in [5, 5.41) is 38.1. The van der Waals surface area contributed by atoms with E-state index in [4.69, 9.17) is 0 Å². The minimum absolute atomic E-state index is 0.0210. The summed E-state index contributed by atoms with van der Waals surface area (Å²) < 4.78 is 2.58. The van der Waals surface area contributed by atoms with Crippen LogP contribution in [0.1, 0.15) is 212 Å². The Bertz CT molecular complexity index is 2410. The lowest BCUT2D eigenvalue weighted by Crippen LogP contribution is -2.52. The number of para-hydroxylation sites is 1. The molecular weight excluding hydrogens is 1050 g/mol. The van der Waals surface area contributed by atoms with Crippen LogP contribution in [0.5, 0.6) is 0 Å². The zero-order valence-corrected chi connectivity index (χ0v) is 53.0. The number of fused-ring (bicyclic) bond motifs is 2. The number of unbranched alkanes of at least 4 members (excludes halogenated alkanes) is 22. The number of nitrogens with zero attached hydrogens (tertiary/aromatic N) is 6. The molecule has 5 rings (SSSR count). The van der Waals surface area contributed by atoms with Gasteiger partial charge in [0.05, 0.1) is 29.9 Å². The summed E-state index contributed by atoms with van der Waals surface area (Å²) in [4.78, 5) is 58.1. The molecule has 2 aromatic carbocycles. The molecule has 2 aromatic rings.